The molecule has 1 aliphatic heterocycles. The van der Waals surface area contributed by atoms with E-state index < -0.39 is 0 Å². The molecule has 0 aromatic carbocycles. The molecule has 0 radical (unpaired) electrons. The van der Waals surface area contributed by atoms with Gasteiger partial charge in [-0.1, -0.05) is 0 Å². The van der Waals surface area contributed by atoms with Crippen molar-refractivity contribution >= 4 is 11.9 Å². The lowest BCUT2D eigenvalue weighted by atomic mass is 10.2. The Labute approximate surface area is 139 Å². The van der Waals surface area contributed by atoms with Crippen LogP contribution >= 0.6 is 0 Å². The van der Waals surface area contributed by atoms with Crippen LogP contribution in [-0.4, -0.2) is 59.6 Å². The van der Waals surface area contributed by atoms with Gasteiger partial charge in [0.05, 0.1) is 24.4 Å². The molecule has 0 bridgehead atoms. The molecule has 1 amide bonds. The zero-order valence-electron chi connectivity index (χ0n) is 13.6. The minimum Gasteiger partial charge on any atom is -0.368 e. The fraction of sp³-hybridized carbons (Fsp3) is 0.375. The molecular weight excluding hydrogens is 308 g/mol. The molecule has 3 rings (SSSR count). The van der Waals surface area contributed by atoms with Crippen LogP contribution in [0, 0.1) is 11.3 Å². The molecule has 124 valence electrons. The first-order valence-corrected chi connectivity index (χ1v) is 7.58. The first kappa shape index (κ1) is 16.0. The number of anilines is 1. The summed E-state index contributed by atoms with van der Waals surface area (Å²) in [5.41, 5.74) is 1.59. The van der Waals surface area contributed by atoms with Crippen molar-refractivity contribution in [3.05, 3.63) is 41.5 Å². The molecule has 2 aromatic heterocycles. The van der Waals surface area contributed by atoms with Crippen molar-refractivity contribution in [2.45, 2.75) is 6.10 Å². The third-order valence-electron chi connectivity index (χ3n) is 3.79. The van der Waals surface area contributed by atoms with Crippen molar-refractivity contribution in [1.29, 1.82) is 5.26 Å². The van der Waals surface area contributed by atoms with Crippen LogP contribution in [0.3, 0.4) is 0 Å². The molecule has 0 spiro atoms. The third kappa shape index (κ3) is 3.21. The van der Waals surface area contributed by atoms with E-state index in [0.717, 1.165) is 5.69 Å². The van der Waals surface area contributed by atoms with Crippen LogP contribution < -0.4 is 4.90 Å². The van der Waals surface area contributed by atoms with Gasteiger partial charge < -0.3 is 19.5 Å². The number of aromatic nitrogens is 3. The minimum absolute atomic E-state index is 0.147. The Bertz CT molecular complexity index is 779. The van der Waals surface area contributed by atoms with Crippen LogP contribution in [0.15, 0.2) is 24.5 Å². The van der Waals surface area contributed by atoms with Crippen molar-refractivity contribution in [1.82, 2.24) is 19.9 Å². The second-order valence-corrected chi connectivity index (χ2v) is 5.70. The summed E-state index contributed by atoms with van der Waals surface area (Å²) >= 11 is 0. The standard InChI is InChI=1S/C16H18N6O2/c1-21(2)16-18-4-3-12(20-16)14-10-22(5-6-24-14)15(23)13-7-11(8-17)9-19-13/h3-4,7,9,14,19H,5-6,10H2,1-2H3/t14-/m0/s1. The molecular formula is C16H18N6O2. The molecule has 3 heterocycles. The van der Waals surface area contributed by atoms with E-state index in [-0.39, 0.29) is 12.0 Å². The number of carbonyl (C=O) groups excluding carboxylic acids is 1. The maximum absolute atomic E-state index is 12.6. The van der Waals surface area contributed by atoms with Crippen molar-refractivity contribution < 1.29 is 9.53 Å². The number of nitrogens with zero attached hydrogens (tertiary/aromatic N) is 5. The highest BCUT2D eigenvalue weighted by molar-refractivity contribution is 5.93. The van der Waals surface area contributed by atoms with Gasteiger partial charge in [-0.05, 0) is 12.1 Å². The summed E-state index contributed by atoms with van der Waals surface area (Å²) < 4.78 is 5.78. The molecule has 0 saturated carbocycles. The summed E-state index contributed by atoms with van der Waals surface area (Å²) in [5, 5.41) is 8.87. The predicted molar refractivity (Wildman–Crippen MR) is 86.5 cm³/mol. The van der Waals surface area contributed by atoms with Crippen molar-refractivity contribution in [3.63, 3.8) is 0 Å². The number of hydrogen-bond acceptors (Lipinski definition) is 6. The first-order valence-electron chi connectivity index (χ1n) is 7.58. The topological polar surface area (TPSA) is 98.1 Å². The summed E-state index contributed by atoms with van der Waals surface area (Å²) in [6, 6.07) is 5.37. The molecule has 1 atom stereocenters. The Morgan fingerprint density at radius 1 is 1.54 bits per heavy atom. The number of nitriles is 1. The molecule has 2 aromatic rings. The summed E-state index contributed by atoms with van der Waals surface area (Å²) in [6.07, 6.45) is 2.92. The van der Waals surface area contributed by atoms with Gasteiger partial charge in [0.2, 0.25) is 5.95 Å². The van der Waals surface area contributed by atoms with Gasteiger partial charge in [-0.25, -0.2) is 9.97 Å². The largest absolute Gasteiger partial charge is 0.368 e. The number of aromatic amines is 1. The monoisotopic (exact) mass is 326 g/mol. The molecule has 24 heavy (non-hydrogen) atoms. The van der Waals surface area contributed by atoms with Crippen molar-refractivity contribution in [3.8, 4) is 6.07 Å². The lowest BCUT2D eigenvalue weighted by molar-refractivity contribution is -0.0249. The minimum atomic E-state index is -0.296. The fourth-order valence-electron chi connectivity index (χ4n) is 2.52. The first-order chi connectivity index (χ1) is 11.6. The maximum Gasteiger partial charge on any atom is 0.270 e. The van der Waals surface area contributed by atoms with Gasteiger partial charge >= 0.3 is 0 Å². The average molecular weight is 326 g/mol. The predicted octanol–water partition coefficient (Wildman–Crippen LogP) is 0.956. The highest BCUT2D eigenvalue weighted by Crippen LogP contribution is 2.22. The maximum atomic E-state index is 12.6. The Kier molecular flexibility index (Phi) is 4.44. The van der Waals surface area contributed by atoms with Crippen LogP contribution in [0.5, 0.6) is 0 Å². The van der Waals surface area contributed by atoms with Crippen molar-refractivity contribution in [2.75, 3.05) is 38.7 Å². The summed E-state index contributed by atoms with van der Waals surface area (Å²) in [6.45, 7) is 1.34. The molecule has 8 heteroatoms. The van der Waals surface area contributed by atoms with Gasteiger partial charge in [-0.2, -0.15) is 5.26 Å². The smallest absolute Gasteiger partial charge is 0.270 e. The number of morpholine rings is 1. The van der Waals surface area contributed by atoms with E-state index in [9.17, 15) is 4.79 Å². The van der Waals surface area contributed by atoms with E-state index in [4.69, 9.17) is 10.00 Å². The van der Waals surface area contributed by atoms with Crippen LogP contribution in [0.25, 0.3) is 0 Å². The van der Waals surface area contributed by atoms with Crippen LogP contribution in [0.2, 0.25) is 0 Å². The van der Waals surface area contributed by atoms with Crippen LogP contribution in [-0.2, 0) is 4.74 Å². The zero-order chi connectivity index (χ0) is 17.1. The average Bonchev–Trinajstić information content (AvgIpc) is 3.10. The van der Waals surface area contributed by atoms with Gasteiger partial charge in [-0.15, -0.1) is 0 Å². The Morgan fingerprint density at radius 2 is 2.38 bits per heavy atom. The molecule has 8 nitrogen and oxygen atoms in total. The number of ether oxygens (including phenoxy) is 1. The third-order valence-corrected chi connectivity index (χ3v) is 3.79. The Balaban J connectivity index is 1.75. The Morgan fingerprint density at radius 3 is 3.08 bits per heavy atom. The second kappa shape index (κ2) is 6.68. The van der Waals surface area contributed by atoms with E-state index in [1.165, 1.54) is 6.20 Å². The van der Waals surface area contributed by atoms with Gasteiger partial charge in [0.25, 0.3) is 5.91 Å². The Hall–Kier alpha value is -2.92. The van der Waals surface area contributed by atoms with Crippen molar-refractivity contribution in [2.24, 2.45) is 0 Å². The highest BCUT2D eigenvalue weighted by atomic mass is 16.5. The number of hydrogen-bond donors (Lipinski definition) is 1. The van der Waals surface area contributed by atoms with Gasteiger partial charge in [0.15, 0.2) is 0 Å². The SMILES string of the molecule is CN(C)c1nccc([C@@H]2CN(C(=O)c3cc(C#N)c[nH]3)CCO2)n1. The molecule has 1 N–H and O–H groups in total. The molecule has 1 aliphatic rings. The van der Waals surface area contributed by atoms with Gasteiger partial charge in [0, 0.05) is 33.0 Å². The van der Waals surface area contributed by atoms with Gasteiger partial charge in [-0.3, -0.25) is 4.79 Å². The summed E-state index contributed by atoms with van der Waals surface area (Å²) in [5.74, 6) is 0.453. The lowest BCUT2D eigenvalue weighted by Crippen LogP contribution is -2.42. The normalized spacial score (nSPS) is 17.4. The number of nitrogens with one attached hydrogen (secondary N) is 1. The molecule has 0 unspecified atom stereocenters. The van der Waals surface area contributed by atoms with E-state index in [0.29, 0.717) is 36.9 Å². The summed E-state index contributed by atoms with van der Waals surface area (Å²) in [7, 11) is 3.74. The van der Waals surface area contributed by atoms with Gasteiger partial charge in [0.1, 0.15) is 17.9 Å². The highest BCUT2D eigenvalue weighted by Gasteiger charge is 2.28. The van der Waals surface area contributed by atoms with E-state index in [1.54, 1.807) is 23.2 Å². The lowest BCUT2D eigenvalue weighted by Gasteiger charge is -2.32. The number of H-pyrrole nitrogens is 1. The molecule has 1 saturated heterocycles. The summed E-state index contributed by atoms with van der Waals surface area (Å²) in [4.78, 5) is 27.6. The zero-order valence-corrected chi connectivity index (χ0v) is 13.6. The van der Waals surface area contributed by atoms with Crippen LogP contribution in [0.4, 0.5) is 5.95 Å². The number of amides is 1. The molecule has 0 aliphatic carbocycles. The quantitative estimate of drug-likeness (QED) is 0.902. The van der Waals surface area contributed by atoms with E-state index >= 15 is 0 Å². The number of rotatable bonds is 3. The van der Waals surface area contributed by atoms with Crippen LogP contribution in [0.1, 0.15) is 27.8 Å². The van der Waals surface area contributed by atoms with E-state index in [2.05, 4.69) is 15.0 Å². The van der Waals surface area contributed by atoms with E-state index in [1.807, 2.05) is 25.1 Å². The molecule has 1 fully saturated rings. The fourth-order valence-corrected chi connectivity index (χ4v) is 2.52. The number of carbonyl (C=O) groups is 1. The second-order valence-electron chi connectivity index (χ2n) is 5.70.